The first-order valence-corrected chi connectivity index (χ1v) is 8.62. The number of fused-ring (bicyclic) bond motifs is 1. The number of nitrogens with one attached hydrogen (secondary N) is 2. The van der Waals surface area contributed by atoms with Gasteiger partial charge in [-0.15, -0.1) is 11.3 Å². The van der Waals surface area contributed by atoms with Crippen molar-refractivity contribution >= 4 is 38.0 Å². The maximum Gasteiger partial charge on any atom is 0.243 e. The lowest BCUT2D eigenvalue weighted by Crippen LogP contribution is -2.26. The maximum atomic E-state index is 12.5. The number of hydrogen-bond acceptors (Lipinski definition) is 5. The van der Waals surface area contributed by atoms with Gasteiger partial charge in [-0.3, -0.25) is 0 Å². The molecule has 0 saturated carbocycles. The first-order chi connectivity index (χ1) is 9.97. The van der Waals surface area contributed by atoms with Gasteiger partial charge >= 0.3 is 0 Å². The minimum atomic E-state index is -3.66. The summed E-state index contributed by atoms with van der Waals surface area (Å²) in [5.74, 6) is 0. The first kappa shape index (κ1) is 14.1. The van der Waals surface area contributed by atoms with Crippen LogP contribution in [0.2, 0.25) is 0 Å². The fourth-order valence-electron chi connectivity index (χ4n) is 2.13. The molecular formula is C13H14N4O2S2. The summed E-state index contributed by atoms with van der Waals surface area (Å²) in [6.45, 7) is 1.76. The summed E-state index contributed by atoms with van der Waals surface area (Å²) in [4.78, 5) is 7.25. The summed E-state index contributed by atoms with van der Waals surface area (Å²) >= 11 is 1.41. The highest BCUT2D eigenvalue weighted by Gasteiger charge is 2.23. The van der Waals surface area contributed by atoms with Gasteiger partial charge in [0.05, 0.1) is 6.04 Å². The lowest BCUT2D eigenvalue weighted by molar-refractivity contribution is 0.567. The Morgan fingerprint density at radius 2 is 2.24 bits per heavy atom. The van der Waals surface area contributed by atoms with E-state index in [0.717, 1.165) is 10.5 Å². The predicted octanol–water partition coefficient (Wildman–Crippen LogP) is 2.25. The molecule has 8 heteroatoms. The molecule has 0 saturated heterocycles. The highest BCUT2D eigenvalue weighted by molar-refractivity contribution is 7.89. The molecule has 0 amide bonds. The van der Waals surface area contributed by atoms with Crippen LogP contribution >= 0.6 is 11.3 Å². The third-order valence-corrected chi connectivity index (χ3v) is 5.65. The van der Waals surface area contributed by atoms with E-state index in [4.69, 9.17) is 5.73 Å². The van der Waals surface area contributed by atoms with Gasteiger partial charge in [0.25, 0.3) is 0 Å². The zero-order valence-corrected chi connectivity index (χ0v) is 12.8. The molecule has 6 nitrogen and oxygen atoms in total. The molecule has 2 aromatic heterocycles. The number of sulfonamides is 1. The highest BCUT2D eigenvalue weighted by Crippen LogP contribution is 2.26. The Morgan fingerprint density at radius 1 is 1.43 bits per heavy atom. The number of anilines is 1. The van der Waals surface area contributed by atoms with Crippen LogP contribution in [0.5, 0.6) is 0 Å². The molecule has 0 aliphatic rings. The van der Waals surface area contributed by atoms with Crippen LogP contribution in [-0.2, 0) is 10.0 Å². The Kier molecular flexibility index (Phi) is 3.44. The van der Waals surface area contributed by atoms with Crippen LogP contribution in [0.15, 0.2) is 40.9 Å². The van der Waals surface area contributed by atoms with Crippen LogP contribution in [-0.4, -0.2) is 18.4 Å². The van der Waals surface area contributed by atoms with Crippen molar-refractivity contribution in [3.8, 4) is 0 Å². The van der Waals surface area contributed by atoms with Crippen molar-refractivity contribution in [1.29, 1.82) is 0 Å². The SMILES string of the molecule is CC(NS(=O)(=O)c1c[nH]c2ccc(N)cc12)c1nccs1. The van der Waals surface area contributed by atoms with E-state index in [1.54, 1.807) is 31.3 Å². The van der Waals surface area contributed by atoms with E-state index in [2.05, 4.69) is 14.7 Å². The first-order valence-electron chi connectivity index (χ1n) is 6.26. The van der Waals surface area contributed by atoms with Crippen LogP contribution in [0.3, 0.4) is 0 Å². The Morgan fingerprint density at radius 3 is 2.95 bits per heavy atom. The maximum absolute atomic E-state index is 12.5. The van der Waals surface area contributed by atoms with Crippen molar-refractivity contribution in [1.82, 2.24) is 14.7 Å². The van der Waals surface area contributed by atoms with E-state index in [1.165, 1.54) is 17.5 Å². The summed E-state index contributed by atoms with van der Waals surface area (Å²) in [6, 6.07) is 4.74. The molecule has 0 aliphatic heterocycles. The van der Waals surface area contributed by atoms with Crippen molar-refractivity contribution in [3.05, 3.63) is 41.0 Å². The van der Waals surface area contributed by atoms with Gasteiger partial charge in [-0.1, -0.05) is 0 Å². The van der Waals surface area contributed by atoms with E-state index in [9.17, 15) is 8.42 Å². The second kappa shape index (κ2) is 5.14. The molecule has 110 valence electrons. The van der Waals surface area contributed by atoms with Crippen LogP contribution in [0, 0.1) is 0 Å². The molecule has 0 aliphatic carbocycles. The number of rotatable bonds is 4. The molecule has 2 heterocycles. The zero-order chi connectivity index (χ0) is 15.0. The summed E-state index contributed by atoms with van der Waals surface area (Å²) < 4.78 is 27.7. The molecule has 0 fully saturated rings. The minimum Gasteiger partial charge on any atom is -0.399 e. The van der Waals surface area contributed by atoms with E-state index in [0.29, 0.717) is 11.1 Å². The lowest BCUT2D eigenvalue weighted by atomic mass is 10.2. The number of benzene rings is 1. The topological polar surface area (TPSA) is 101 Å². The van der Waals surface area contributed by atoms with E-state index >= 15 is 0 Å². The van der Waals surface area contributed by atoms with Crippen LogP contribution in [0.1, 0.15) is 18.0 Å². The molecule has 0 bridgehead atoms. The molecule has 0 spiro atoms. The second-order valence-electron chi connectivity index (χ2n) is 4.67. The van der Waals surface area contributed by atoms with Gasteiger partial charge in [0.15, 0.2) is 0 Å². The molecule has 1 aromatic carbocycles. The highest BCUT2D eigenvalue weighted by atomic mass is 32.2. The summed E-state index contributed by atoms with van der Waals surface area (Å²) in [6.07, 6.45) is 3.12. The number of aromatic nitrogens is 2. The largest absolute Gasteiger partial charge is 0.399 e. The Hall–Kier alpha value is -1.90. The fraction of sp³-hybridized carbons (Fsp3) is 0.154. The average molecular weight is 322 g/mol. The summed E-state index contributed by atoms with van der Waals surface area (Å²) in [5.41, 5.74) is 6.98. The fourth-order valence-corrected chi connectivity index (χ4v) is 4.23. The molecule has 3 aromatic rings. The van der Waals surface area contributed by atoms with Gasteiger partial charge in [-0.2, -0.15) is 0 Å². The smallest absolute Gasteiger partial charge is 0.243 e. The van der Waals surface area contributed by atoms with Gasteiger partial charge < -0.3 is 10.7 Å². The van der Waals surface area contributed by atoms with Crippen LogP contribution < -0.4 is 10.5 Å². The molecule has 1 atom stereocenters. The number of nitrogens with zero attached hydrogens (tertiary/aromatic N) is 1. The van der Waals surface area contributed by atoms with E-state index in [-0.39, 0.29) is 10.9 Å². The quantitative estimate of drug-likeness (QED) is 0.641. The zero-order valence-electron chi connectivity index (χ0n) is 11.2. The van der Waals surface area contributed by atoms with Crippen LogP contribution in [0.4, 0.5) is 5.69 Å². The van der Waals surface area contributed by atoms with Crippen molar-refractivity contribution < 1.29 is 8.42 Å². The Balaban J connectivity index is 1.98. The number of aromatic amines is 1. The predicted molar refractivity (Wildman–Crippen MR) is 83.6 cm³/mol. The average Bonchev–Trinajstić information content (AvgIpc) is 3.07. The van der Waals surface area contributed by atoms with Gasteiger partial charge in [-0.25, -0.2) is 18.1 Å². The minimum absolute atomic E-state index is 0.188. The molecular weight excluding hydrogens is 308 g/mol. The van der Waals surface area contributed by atoms with E-state index < -0.39 is 10.0 Å². The second-order valence-corrected chi connectivity index (χ2v) is 7.28. The number of H-pyrrole nitrogens is 1. The lowest BCUT2D eigenvalue weighted by Gasteiger charge is -2.11. The van der Waals surface area contributed by atoms with E-state index in [1.807, 2.05) is 5.38 Å². The van der Waals surface area contributed by atoms with Crippen LogP contribution in [0.25, 0.3) is 10.9 Å². The number of hydrogen-bond donors (Lipinski definition) is 3. The van der Waals surface area contributed by atoms with Gasteiger partial charge in [0.2, 0.25) is 10.0 Å². The van der Waals surface area contributed by atoms with Gasteiger partial charge in [0, 0.05) is 34.4 Å². The third kappa shape index (κ3) is 2.65. The monoisotopic (exact) mass is 322 g/mol. The number of nitrogens with two attached hydrogens (primary N) is 1. The molecule has 1 unspecified atom stereocenters. The Labute approximate surface area is 126 Å². The van der Waals surface area contributed by atoms with Crippen molar-refractivity contribution in [3.63, 3.8) is 0 Å². The standard InChI is InChI=1S/C13H14N4O2S2/c1-8(13-15-4-5-20-13)17-21(18,19)12-7-16-11-3-2-9(14)6-10(11)12/h2-8,16-17H,14H2,1H3. The Bertz CT molecular complexity index is 869. The molecule has 3 rings (SSSR count). The number of thiazole rings is 1. The molecule has 4 N–H and O–H groups in total. The molecule has 0 radical (unpaired) electrons. The van der Waals surface area contributed by atoms with Crippen molar-refractivity contribution in [2.75, 3.05) is 5.73 Å². The van der Waals surface area contributed by atoms with Crippen molar-refractivity contribution in [2.24, 2.45) is 0 Å². The normalized spacial score (nSPS) is 13.6. The summed E-state index contributed by atoms with van der Waals surface area (Å²) in [7, 11) is -3.66. The third-order valence-electron chi connectivity index (χ3n) is 3.11. The number of nitrogen functional groups attached to an aromatic ring is 1. The molecule has 21 heavy (non-hydrogen) atoms. The van der Waals surface area contributed by atoms with Gasteiger partial charge in [-0.05, 0) is 25.1 Å². The van der Waals surface area contributed by atoms with Crippen molar-refractivity contribution in [2.45, 2.75) is 17.9 Å². The van der Waals surface area contributed by atoms with Gasteiger partial charge in [0.1, 0.15) is 9.90 Å². The summed E-state index contributed by atoms with van der Waals surface area (Å²) in [5, 5.41) is 3.11.